The third kappa shape index (κ3) is 6.03. The summed E-state index contributed by atoms with van der Waals surface area (Å²) in [7, 11) is 0. The van der Waals surface area contributed by atoms with Gasteiger partial charge in [0.2, 0.25) is 0 Å². The van der Waals surface area contributed by atoms with Crippen LogP contribution in [0.2, 0.25) is 0 Å². The zero-order valence-corrected chi connectivity index (χ0v) is 18.4. The third-order valence-corrected chi connectivity index (χ3v) is 5.18. The van der Waals surface area contributed by atoms with Crippen LogP contribution in [0, 0.1) is 17.1 Å². The molecule has 0 spiro atoms. The molecule has 3 aromatic carbocycles. The summed E-state index contributed by atoms with van der Waals surface area (Å²) in [6.07, 6.45) is 2.29. The monoisotopic (exact) mass is 478 g/mol. The molecule has 4 nitrogen and oxygen atoms in total. The number of aryl methyl sites for hydroxylation is 1. The van der Waals surface area contributed by atoms with Crippen LogP contribution in [0.15, 0.2) is 76.8 Å². The Kier molecular flexibility index (Phi) is 7.58. The molecule has 31 heavy (non-hydrogen) atoms. The molecule has 0 radical (unpaired) electrons. The van der Waals surface area contributed by atoms with Gasteiger partial charge in [0.25, 0.3) is 5.91 Å². The first-order valence-corrected chi connectivity index (χ1v) is 10.5. The molecule has 0 heterocycles. The zero-order chi connectivity index (χ0) is 22.2. The highest BCUT2D eigenvalue weighted by atomic mass is 79.9. The number of para-hydroxylation sites is 1. The van der Waals surface area contributed by atoms with Crippen molar-refractivity contribution in [3.8, 4) is 11.8 Å². The lowest BCUT2D eigenvalue weighted by Gasteiger charge is -2.10. The standard InChI is InChI=1S/C25H20BrFN2O2/c1-2-19-7-3-4-9-23(19)29-25(30)20(15-28)12-17-10-11-24(22(26)14-17)31-16-18-6-5-8-21(27)13-18/h3-14H,2,16H2,1H3,(H,29,30)/b20-12+. The summed E-state index contributed by atoms with van der Waals surface area (Å²) in [6, 6.07) is 20.9. The molecule has 0 fully saturated rings. The molecule has 0 saturated heterocycles. The average Bonchev–Trinajstić information content (AvgIpc) is 2.77. The highest BCUT2D eigenvalue weighted by Gasteiger charge is 2.12. The minimum absolute atomic E-state index is 0.00812. The number of nitriles is 1. The van der Waals surface area contributed by atoms with Crippen LogP contribution in [0.3, 0.4) is 0 Å². The smallest absolute Gasteiger partial charge is 0.266 e. The quantitative estimate of drug-likeness (QED) is 0.321. The second-order valence-electron chi connectivity index (χ2n) is 6.74. The van der Waals surface area contributed by atoms with E-state index in [0.29, 0.717) is 27.0 Å². The molecule has 6 heteroatoms. The van der Waals surface area contributed by atoms with Crippen molar-refractivity contribution >= 4 is 33.6 Å². The van der Waals surface area contributed by atoms with E-state index in [1.807, 2.05) is 37.3 Å². The van der Waals surface area contributed by atoms with Crippen LogP contribution in [0.1, 0.15) is 23.6 Å². The van der Waals surface area contributed by atoms with Gasteiger partial charge in [-0.2, -0.15) is 5.26 Å². The molecule has 0 aliphatic carbocycles. The average molecular weight is 479 g/mol. The van der Waals surface area contributed by atoms with Crippen molar-refractivity contribution in [1.82, 2.24) is 0 Å². The Morgan fingerprint density at radius 3 is 2.68 bits per heavy atom. The predicted octanol–water partition coefficient (Wildman–Crippen LogP) is 6.28. The van der Waals surface area contributed by atoms with E-state index in [1.165, 1.54) is 18.2 Å². The van der Waals surface area contributed by atoms with E-state index in [4.69, 9.17) is 4.74 Å². The Labute approximate surface area is 189 Å². The number of carbonyl (C=O) groups is 1. The van der Waals surface area contributed by atoms with Gasteiger partial charge in [-0.3, -0.25) is 4.79 Å². The van der Waals surface area contributed by atoms with Crippen LogP contribution in [0.25, 0.3) is 6.08 Å². The number of amides is 1. The lowest BCUT2D eigenvalue weighted by atomic mass is 10.1. The van der Waals surface area contributed by atoms with Crippen molar-refractivity contribution in [2.75, 3.05) is 5.32 Å². The number of rotatable bonds is 7. The molecule has 0 unspecified atom stereocenters. The van der Waals surface area contributed by atoms with E-state index >= 15 is 0 Å². The van der Waals surface area contributed by atoms with Crippen LogP contribution in [-0.2, 0) is 17.8 Å². The molecule has 1 amide bonds. The minimum atomic E-state index is -0.467. The minimum Gasteiger partial charge on any atom is -0.488 e. The molecular weight excluding hydrogens is 459 g/mol. The first-order chi connectivity index (χ1) is 15.0. The number of hydrogen-bond acceptors (Lipinski definition) is 3. The number of halogens is 2. The van der Waals surface area contributed by atoms with Crippen LogP contribution in [-0.4, -0.2) is 5.91 Å². The summed E-state index contributed by atoms with van der Waals surface area (Å²) in [4.78, 5) is 12.6. The normalized spacial score (nSPS) is 11.0. The molecule has 0 bridgehead atoms. The second-order valence-corrected chi connectivity index (χ2v) is 7.60. The van der Waals surface area contributed by atoms with Crippen molar-refractivity contribution in [3.63, 3.8) is 0 Å². The van der Waals surface area contributed by atoms with Crippen molar-refractivity contribution in [2.24, 2.45) is 0 Å². The number of carbonyl (C=O) groups excluding carboxylic acids is 1. The van der Waals surface area contributed by atoms with Gasteiger partial charge >= 0.3 is 0 Å². The molecule has 0 saturated carbocycles. The topological polar surface area (TPSA) is 62.1 Å². The van der Waals surface area contributed by atoms with E-state index in [9.17, 15) is 14.4 Å². The van der Waals surface area contributed by atoms with Gasteiger partial charge in [0.05, 0.1) is 4.47 Å². The Morgan fingerprint density at radius 1 is 1.16 bits per heavy atom. The Hall–Kier alpha value is -3.43. The van der Waals surface area contributed by atoms with Crippen molar-refractivity contribution in [3.05, 3.63) is 99.3 Å². The molecule has 0 aliphatic heterocycles. The fourth-order valence-electron chi connectivity index (χ4n) is 2.97. The first kappa shape index (κ1) is 22.3. The number of nitrogens with one attached hydrogen (secondary N) is 1. The van der Waals surface area contributed by atoms with Crippen LogP contribution < -0.4 is 10.1 Å². The second kappa shape index (κ2) is 10.6. The van der Waals surface area contributed by atoms with Crippen LogP contribution >= 0.6 is 15.9 Å². The summed E-state index contributed by atoms with van der Waals surface area (Å²) in [5.74, 6) is -0.211. The van der Waals surface area contributed by atoms with E-state index in [0.717, 1.165) is 12.0 Å². The largest absolute Gasteiger partial charge is 0.488 e. The maximum Gasteiger partial charge on any atom is 0.266 e. The van der Waals surface area contributed by atoms with Crippen molar-refractivity contribution < 1.29 is 13.9 Å². The van der Waals surface area contributed by atoms with Gasteiger partial charge < -0.3 is 10.1 Å². The van der Waals surface area contributed by atoms with E-state index in [1.54, 1.807) is 30.3 Å². The van der Waals surface area contributed by atoms with Gasteiger partial charge in [-0.15, -0.1) is 0 Å². The summed E-state index contributed by atoms with van der Waals surface area (Å²) in [5, 5.41) is 12.3. The highest BCUT2D eigenvalue weighted by Crippen LogP contribution is 2.28. The molecule has 3 aromatic rings. The van der Waals surface area contributed by atoms with Gasteiger partial charge in [-0.05, 0) is 75.4 Å². The highest BCUT2D eigenvalue weighted by molar-refractivity contribution is 9.10. The molecule has 0 aromatic heterocycles. The molecule has 0 aliphatic rings. The maximum absolute atomic E-state index is 13.3. The Balaban J connectivity index is 1.73. The predicted molar refractivity (Wildman–Crippen MR) is 123 cm³/mol. The van der Waals surface area contributed by atoms with Gasteiger partial charge in [-0.25, -0.2) is 4.39 Å². The Morgan fingerprint density at radius 2 is 1.97 bits per heavy atom. The fourth-order valence-corrected chi connectivity index (χ4v) is 3.48. The zero-order valence-electron chi connectivity index (χ0n) is 16.9. The summed E-state index contributed by atoms with van der Waals surface area (Å²) < 4.78 is 19.7. The van der Waals surface area contributed by atoms with Gasteiger partial charge in [-0.1, -0.05) is 43.3 Å². The van der Waals surface area contributed by atoms with E-state index in [2.05, 4.69) is 21.2 Å². The SMILES string of the molecule is CCc1ccccc1NC(=O)/C(C#N)=C/c1ccc(OCc2cccc(F)c2)c(Br)c1. The van der Waals surface area contributed by atoms with Gasteiger partial charge in [0, 0.05) is 5.69 Å². The van der Waals surface area contributed by atoms with Crippen LogP contribution in [0.4, 0.5) is 10.1 Å². The molecule has 156 valence electrons. The van der Waals surface area contributed by atoms with Gasteiger partial charge in [0.15, 0.2) is 0 Å². The molecule has 3 rings (SSSR count). The number of ether oxygens (including phenoxy) is 1. The van der Waals surface area contributed by atoms with E-state index in [-0.39, 0.29) is 18.0 Å². The molecule has 0 atom stereocenters. The molecule has 1 N–H and O–H groups in total. The van der Waals surface area contributed by atoms with E-state index < -0.39 is 5.91 Å². The number of benzene rings is 3. The maximum atomic E-state index is 13.3. The van der Waals surface area contributed by atoms with Crippen LogP contribution in [0.5, 0.6) is 5.75 Å². The van der Waals surface area contributed by atoms with Crippen molar-refractivity contribution in [1.29, 1.82) is 5.26 Å². The lowest BCUT2D eigenvalue weighted by Crippen LogP contribution is -2.14. The molecular formula is C25H20BrFN2O2. The van der Waals surface area contributed by atoms with Crippen molar-refractivity contribution in [2.45, 2.75) is 20.0 Å². The lowest BCUT2D eigenvalue weighted by molar-refractivity contribution is -0.112. The Bertz CT molecular complexity index is 1170. The first-order valence-electron chi connectivity index (χ1n) is 9.68. The third-order valence-electron chi connectivity index (χ3n) is 4.56. The summed E-state index contributed by atoms with van der Waals surface area (Å²) in [6.45, 7) is 2.22. The number of hydrogen-bond donors (Lipinski definition) is 1. The number of nitrogens with zero attached hydrogens (tertiary/aromatic N) is 1. The van der Waals surface area contributed by atoms with Gasteiger partial charge in [0.1, 0.15) is 29.8 Å². The number of anilines is 1. The summed E-state index contributed by atoms with van der Waals surface area (Å²) >= 11 is 3.44. The summed E-state index contributed by atoms with van der Waals surface area (Å²) in [5.41, 5.74) is 3.06. The fraction of sp³-hybridized carbons (Fsp3) is 0.120.